The van der Waals surface area contributed by atoms with Gasteiger partial charge in [-0.05, 0) is 30.0 Å². The van der Waals surface area contributed by atoms with Crippen LogP contribution in [0.3, 0.4) is 0 Å². The maximum absolute atomic E-state index is 13.2. The first kappa shape index (κ1) is 11.4. The molecule has 2 nitrogen and oxygen atoms in total. The molecule has 0 amide bonds. The highest BCUT2D eigenvalue weighted by atomic mass is 19.1. The van der Waals surface area contributed by atoms with Crippen molar-refractivity contribution in [1.82, 2.24) is 0 Å². The molecule has 0 aliphatic carbocycles. The van der Waals surface area contributed by atoms with E-state index in [0.717, 1.165) is 25.2 Å². The first-order chi connectivity index (χ1) is 7.58. The molecule has 1 heterocycles. The number of benzene rings is 1. The third kappa shape index (κ3) is 2.19. The van der Waals surface area contributed by atoms with Gasteiger partial charge in [0.1, 0.15) is 5.82 Å². The van der Waals surface area contributed by atoms with Gasteiger partial charge in [-0.25, -0.2) is 4.39 Å². The minimum absolute atomic E-state index is 0.147. The average molecular weight is 222 g/mol. The van der Waals surface area contributed by atoms with Gasteiger partial charge < -0.3 is 10.6 Å². The average Bonchev–Trinajstić information content (AvgIpc) is 2.61. The maximum atomic E-state index is 13.2. The molecule has 0 aromatic heterocycles. The van der Waals surface area contributed by atoms with Crippen molar-refractivity contribution in [2.75, 3.05) is 18.0 Å². The largest absolute Gasteiger partial charge is 0.369 e. The Labute approximate surface area is 96.2 Å². The zero-order chi connectivity index (χ0) is 11.7. The zero-order valence-corrected chi connectivity index (χ0v) is 9.91. The Kier molecular flexibility index (Phi) is 3.15. The second-order valence-corrected chi connectivity index (χ2v) is 4.88. The molecule has 1 aromatic carbocycles. The van der Waals surface area contributed by atoms with Crippen molar-refractivity contribution in [2.24, 2.45) is 11.7 Å². The van der Waals surface area contributed by atoms with Crippen LogP contribution >= 0.6 is 0 Å². The lowest BCUT2D eigenvalue weighted by atomic mass is 10.1. The number of fused-ring (bicyclic) bond motifs is 1. The number of nitrogens with two attached hydrogens (primary N) is 1. The molecule has 3 heteroatoms. The first-order valence-electron chi connectivity index (χ1n) is 5.87. The van der Waals surface area contributed by atoms with Gasteiger partial charge in [-0.1, -0.05) is 19.9 Å². The Morgan fingerprint density at radius 1 is 1.44 bits per heavy atom. The molecule has 2 rings (SSSR count). The molecule has 88 valence electrons. The molecule has 0 bridgehead atoms. The smallest absolute Gasteiger partial charge is 0.125 e. The summed E-state index contributed by atoms with van der Waals surface area (Å²) in [5.41, 5.74) is 8.31. The SMILES string of the molecule is CC(C)C(N)CN1CCc2ccc(F)cc21. The van der Waals surface area contributed by atoms with Gasteiger partial charge in [-0.2, -0.15) is 0 Å². The van der Waals surface area contributed by atoms with Crippen molar-refractivity contribution in [3.63, 3.8) is 0 Å². The summed E-state index contributed by atoms with van der Waals surface area (Å²) in [4.78, 5) is 2.20. The Bertz CT molecular complexity index is 376. The number of nitrogens with zero attached hydrogens (tertiary/aromatic N) is 1. The molecule has 0 spiro atoms. The molecular weight excluding hydrogens is 203 g/mol. The Morgan fingerprint density at radius 2 is 2.19 bits per heavy atom. The summed E-state index contributed by atoms with van der Waals surface area (Å²) in [7, 11) is 0. The fourth-order valence-corrected chi connectivity index (χ4v) is 2.07. The summed E-state index contributed by atoms with van der Waals surface area (Å²) >= 11 is 0. The maximum Gasteiger partial charge on any atom is 0.125 e. The van der Waals surface area contributed by atoms with E-state index in [1.807, 2.05) is 6.07 Å². The monoisotopic (exact) mass is 222 g/mol. The van der Waals surface area contributed by atoms with Crippen LogP contribution in [0.2, 0.25) is 0 Å². The minimum atomic E-state index is -0.163. The van der Waals surface area contributed by atoms with Gasteiger partial charge in [-0.15, -0.1) is 0 Å². The van der Waals surface area contributed by atoms with Crippen molar-refractivity contribution in [1.29, 1.82) is 0 Å². The van der Waals surface area contributed by atoms with E-state index in [1.165, 1.54) is 11.6 Å². The molecule has 0 radical (unpaired) electrons. The van der Waals surface area contributed by atoms with E-state index in [2.05, 4.69) is 18.7 Å². The molecule has 0 fully saturated rings. The van der Waals surface area contributed by atoms with Crippen molar-refractivity contribution in [3.05, 3.63) is 29.6 Å². The van der Waals surface area contributed by atoms with Gasteiger partial charge in [0, 0.05) is 24.8 Å². The van der Waals surface area contributed by atoms with Crippen LogP contribution in [0.1, 0.15) is 19.4 Å². The summed E-state index contributed by atoms with van der Waals surface area (Å²) in [5, 5.41) is 0. The summed E-state index contributed by atoms with van der Waals surface area (Å²) < 4.78 is 13.2. The van der Waals surface area contributed by atoms with Crippen LogP contribution < -0.4 is 10.6 Å². The fraction of sp³-hybridized carbons (Fsp3) is 0.538. The number of hydrogen-bond donors (Lipinski definition) is 1. The third-order valence-corrected chi connectivity index (χ3v) is 3.33. The van der Waals surface area contributed by atoms with Crippen molar-refractivity contribution in [3.8, 4) is 0 Å². The predicted octanol–water partition coefficient (Wildman–Crippen LogP) is 2.17. The molecule has 1 aliphatic heterocycles. The van der Waals surface area contributed by atoms with E-state index in [9.17, 15) is 4.39 Å². The van der Waals surface area contributed by atoms with E-state index in [4.69, 9.17) is 5.73 Å². The van der Waals surface area contributed by atoms with Crippen LogP contribution in [0.15, 0.2) is 18.2 Å². The van der Waals surface area contributed by atoms with Crippen LogP contribution in [-0.2, 0) is 6.42 Å². The third-order valence-electron chi connectivity index (χ3n) is 3.33. The lowest BCUT2D eigenvalue weighted by molar-refractivity contribution is 0.488. The van der Waals surface area contributed by atoms with Gasteiger partial charge in [0.25, 0.3) is 0 Å². The number of hydrogen-bond acceptors (Lipinski definition) is 2. The normalized spacial score (nSPS) is 16.7. The van der Waals surface area contributed by atoms with Crippen LogP contribution in [0.5, 0.6) is 0 Å². The Hall–Kier alpha value is -1.09. The second-order valence-electron chi connectivity index (χ2n) is 4.88. The van der Waals surface area contributed by atoms with Gasteiger partial charge in [0.2, 0.25) is 0 Å². The van der Waals surface area contributed by atoms with E-state index >= 15 is 0 Å². The van der Waals surface area contributed by atoms with E-state index in [1.54, 1.807) is 6.07 Å². The predicted molar refractivity (Wildman–Crippen MR) is 65.1 cm³/mol. The fourth-order valence-electron chi connectivity index (χ4n) is 2.07. The van der Waals surface area contributed by atoms with Crippen molar-refractivity contribution < 1.29 is 4.39 Å². The van der Waals surface area contributed by atoms with E-state index in [-0.39, 0.29) is 11.9 Å². The summed E-state index contributed by atoms with van der Waals surface area (Å²) in [6.45, 7) is 6.01. The number of rotatable bonds is 3. The lowest BCUT2D eigenvalue weighted by Gasteiger charge is -2.25. The zero-order valence-electron chi connectivity index (χ0n) is 9.91. The van der Waals surface area contributed by atoms with Crippen molar-refractivity contribution >= 4 is 5.69 Å². The molecular formula is C13H19FN2. The molecule has 1 aromatic rings. The second kappa shape index (κ2) is 4.42. The Morgan fingerprint density at radius 3 is 2.88 bits per heavy atom. The number of halogens is 1. The summed E-state index contributed by atoms with van der Waals surface area (Å²) in [5.74, 6) is 0.293. The lowest BCUT2D eigenvalue weighted by Crippen LogP contribution is -2.40. The highest BCUT2D eigenvalue weighted by Crippen LogP contribution is 2.28. The standard InChI is InChI=1S/C13H19FN2/c1-9(2)12(15)8-16-6-5-10-3-4-11(14)7-13(10)16/h3-4,7,9,12H,5-6,8,15H2,1-2H3. The molecule has 0 saturated carbocycles. The highest BCUT2D eigenvalue weighted by Gasteiger charge is 2.22. The van der Waals surface area contributed by atoms with E-state index < -0.39 is 0 Å². The molecule has 1 atom stereocenters. The van der Waals surface area contributed by atoms with Gasteiger partial charge in [0.05, 0.1) is 0 Å². The Balaban J connectivity index is 2.14. The van der Waals surface area contributed by atoms with E-state index in [0.29, 0.717) is 5.92 Å². The minimum Gasteiger partial charge on any atom is -0.369 e. The quantitative estimate of drug-likeness (QED) is 0.849. The summed E-state index contributed by atoms with van der Waals surface area (Å²) in [6, 6.07) is 5.18. The number of anilines is 1. The molecule has 0 saturated heterocycles. The van der Waals surface area contributed by atoms with Crippen LogP contribution in [-0.4, -0.2) is 19.1 Å². The van der Waals surface area contributed by atoms with Crippen LogP contribution in [0, 0.1) is 11.7 Å². The molecule has 1 unspecified atom stereocenters. The van der Waals surface area contributed by atoms with Gasteiger partial charge in [-0.3, -0.25) is 0 Å². The van der Waals surface area contributed by atoms with Crippen molar-refractivity contribution in [2.45, 2.75) is 26.3 Å². The first-order valence-corrected chi connectivity index (χ1v) is 5.87. The summed E-state index contributed by atoms with van der Waals surface area (Å²) in [6.07, 6.45) is 1.00. The topological polar surface area (TPSA) is 29.3 Å². The molecule has 16 heavy (non-hydrogen) atoms. The molecule has 1 aliphatic rings. The van der Waals surface area contributed by atoms with Gasteiger partial charge >= 0.3 is 0 Å². The van der Waals surface area contributed by atoms with Gasteiger partial charge in [0.15, 0.2) is 0 Å². The molecule has 2 N–H and O–H groups in total. The van der Waals surface area contributed by atoms with Crippen LogP contribution in [0.4, 0.5) is 10.1 Å². The highest BCUT2D eigenvalue weighted by molar-refractivity contribution is 5.58. The van der Waals surface area contributed by atoms with Crippen LogP contribution in [0.25, 0.3) is 0 Å².